The molecule has 0 fully saturated rings. The van der Waals surface area contributed by atoms with Crippen LogP contribution in [-0.4, -0.2) is 45.9 Å². The molecule has 0 saturated carbocycles. The SMILES string of the molecule is CCOc1ccc([C@@H](C)NC(=O)CN(c2ccccc2F)S(=O)(=O)N(C)C)cc1. The van der Waals surface area contributed by atoms with Gasteiger partial charge in [0.2, 0.25) is 5.91 Å². The number of nitrogens with one attached hydrogen (secondary N) is 1. The van der Waals surface area contributed by atoms with E-state index in [0.717, 1.165) is 26.0 Å². The van der Waals surface area contributed by atoms with Gasteiger partial charge in [0.15, 0.2) is 0 Å². The molecule has 2 aromatic carbocycles. The Hall–Kier alpha value is -2.65. The maximum absolute atomic E-state index is 14.2. The number of anilines is 1. The lowest BCUT2D eigenvalue weighted by Crippen LogP contribution is -2.46. The average Bonchev–Trinajstić information content (AvgIpc) is 2.67. The number of hydrogen-bond acceptors (Lipinski definition) is 4. The van der Waals surface area contributed by atoms with Crippen molar-refractivity contribution < 1.29 is 22.3 Å². The highest BCUT2D eigenvalue weighted by Gasteiger charge is 2.29. The zero-order valence-electron chi connectivity index (χ0n) is 16.9. The number of para-hydroxylation sites is 1. The predicted molar refractivity (Wildman–Crippen MR) is 111 cm³/mol. The van der Waals surface area contributed by atoms with Gasteiger partial charge in [-0.15, -0.1) is 0 Å². The van der Waals surface area contributed by atoms with E-state index in [0.29, 0.717) is 6.61 Å². The molecule has 9 heteroatoms. The van der Waals surface area contributed by atoms with Gasteiger partial charge in [-0.3, -0.25) is 4.79 Å². The molecule has 0 spiro atoms. The van der Waals surface area contributed by atoms with Crippen molar-refractivity contribution in [3.63, 3.8) is 0 Å². The van der Waals surface area contributed by atoms with Gasteiger partial charge in [0.1, 0.15) is 18.1 Å². The summed E-state index contributed by atoms with van der Waals surface area (Å²) < 4.78 is 46.7. The third-order valence-electron chi connectivity index (χ3n) is 4.22. The van der Waals surface area contributed by atoms with Gasteiger partial charge >= 0.3 is 10.2 Å². The number of ether oxygens (including phenoxy) is 1. The van der Waals surface area contributed by atoms with Crippen LogP contribution in [0.1, 0.15) is 25.5 Å². The standard InChI is InChI=1S/C20H26FN3O4S/c1-5-28-17-12-10-16(11-13-17)15(2)22-20(25)14-24(29(26,27)23(3)4)19-9-7-6-8-18(19)21/h6-13,15H,5,14H2,1-4H3,(H,22,25)/t15-/m1/s1. The van der Waals surface area contributed by atoms with Crippen LogP contribution in [-0.2, 0) is 15.0 Å². The molecule has 0 aliphatic rings. The molecule has 0 aliphatic heterocycles. The summed E-state index contributed by atoms with van der Waals surface area (Å²) in [6.45, 7) is 3.67. The maximum Gasteiger partial charge on any atom is 0.304 e. The Morgan fingerprint density at radius 1 is 1.14 bits per heavy atom. The Bertz CT molecular complexity index is 933. The van der Waals surface area contributed by atoms with Crippen LogP contribution in [0.5, 0.6) is 5.75 Å². The molecule has 0 unspecified atom stereocenters. The van der Waals surface area contributed by atoms with Gasteiger partial charge in [0.25, 0.3) is 0 Å². The summed E-state index contributed by atoms with van der Waals surface area (Å²) in [4.78, 5) is 12.6. The highest BCUT2D eigenvalue weighted by atomic mass is 32.2. The summed E-state index contributed by atoms with van der Waals surface area (Å²) in [5.74, 6) is -0.567. The number of hydrogen-bond donors (Lipinski definition) is 1. The number of carbonyl (C=O) groups excluding carboxylic acids is 1. The first-order valence-corrected chi connectivity index (χ1v) is 10.5. The van der Waals surface area contributed by atoms with Crippen LogP contribution in [0, 0.1) is 5.82 Å². The zero-order valence-corrected chi connectivity index (χ0v) is 17.7. The van der Waals surface area contributed by atoms with Crippen molar-refractivity contribution in [1.82, 2.24) is 9.62 Å². The monoisotopic (exact) mass is 423 g/mol. The summed E-state index contributed by atoms with van der Waals surface area (Å²) in [6, 6.07) is 12.3. The number of nitrogens with zero attached hydrogens (tertiary/aromatic N) is 2. The first kappa shape index (κ1) is 22.6. The van der Waals surface area contributed by atoms with Gasteiger partial charge in [0.05, 0.1) is 18.3 Å². The quantitative estimate of drug-likeness (QED) is 0.673. The first-order valence-electron chi connectivity index (χ1n) is 9.13. The number of carbonyl (C=O) groups is 1. The Morgan fingerprint density at radius 2 is 1.76 bits per heavy atom. The van der Waals surface area contributed by atoms with Gasteiger partial charge in [-0.25, -0.2) is 8.70 Å². The summed E-state index contributed by atoms with van der Waals surface area (Å²) in [7, 11) is -1.43. The Morgan fingerprint density at radius 3 is 2.31 bits per heavy atom. The van der Waals surface area contributed by atoms with Gasteiger partial charge in [0, 0.05) is 14.1 Å². The molecule has 29 heavy (non-hydrogen) atoms. The predicted octanol–water partition coefficient (Wildman–Crippen LogP) is 2.71. The smallest absolute Gasteiger partial charge is 0.304 e. The lowest BCUT2D eigenvalue weighted by Gasteiger charge is -2.27. The molecule has 1 atom stereocenters. The normalized spacial score (nSPS) is 12.5. The van der Waals surface area contributed by atoms with E-state index < -0.39 is 28.5 Å². The van der Waals surface area contributed by atoms with Crippen molar-refractivity contribution in [3.05, 3.63) is 59.9 Å². The van der Waals surface area contributed by atoms with Crippen molar-refractivity contribution >= 4 is 21.8 Å². The molecule has 0 radical (unpaired) electrons. The van der Waals surface area contributed by atoms with Gasteiger partial charge in [-0.2, -0.15) is 12.7 Å². The molecular weight excluding hydrogens is 397 g/mol. The molecule has 0 aliphatic carbocycles. The highest BCUT2D eigenvalue weighted by Crippen LogP contribution is 2.23. The highest BCUT2D eigenvalue weighted by molar-refractivity contribution is 7.90. The average molecular weight is 424 g/mol. The van der Waals surface area contributed by atoms with Crippen LogP contribution >= 0.6 is 0 Å². The van der Waals surface area contributed by atoms with E-state index in [1.54, 1.807) is 19.1 Å². The second-order valence-electron chi connectivity index (χ2n) is 6.54. The molecule has 158 valence electrons. The molecule has 0 bridgehead atoms. The fourth-order valence-corrected chi connectivity index (χ4v) is 3.73. The maximum atomic E-state index is 14.2. The minimum absolute atomic E-state index is 0.190. The topological polar surface area (TPSA) is 79.0 Å². The Kier molecular flexibility index (Phi) is 7.58. The van der Waals surface area contributed by atoms with E-state index in [4.69, 9.17) is 4.74 Å². The van der Waals surface area contributed by atoms with Crippen molar-refractivity contribution in [2.24, 2.45) is 0 Å². The van der Waals surface area contributed by atoms with E-state index in [9.17, 15) is 17.6 Å². The zero-order chi connectivity index (χ0) is 21.6. The van der Waals surface area contributed by atoms with Gasteiger partial charge < -0.3 is 10.1 Å². The minimum Gasteiger partial charge on any atom is -0.494 e. The molecule has 7 nitrogen and oxygen atoms in total. The summed E-state index contributed by atoms with van der Waals surface area (Å²) in [6.07, 6.45) is 0. The number of amides is 1. The Labute approximate surface area is 171 Å². The Balaban J connectivity index is 2.18. The molecular formula is C20H26FN3O4S. The molecule has 1 N–H and O–H groups in total. The van der Waals surface area contributed by atoms with E-state index in [1.165, 1.54) is 32.3 Å². The third kappa shape index (κ3) is 5.68. The number of benzene rings is 2. The van der Waals surface area contributed by atoms with Crippen molar-refractivity contribution in [2.75, 3.05) is 31.6 Å². The van der Waals surface area contributed by atoms with Crippen LogP contribution in [0.2, 0.25) is 0 Å². The fourth-order valence-electron chi connectivity index (χ4n) is 2.66. The summed E-state index contributed by atoms with van der Waals surface area (Å²) in [5, 5.41) is 2.75. The lowest BCUT2D eigenvalue weighted by molar-refractivity contribution is -0.120. The van der Waals surface area contributed by atoms with Gasteiger partial charge in [-0.05, 0) is 43.7 Å². The van der Waals surface area contributed by atoms with Crippen LogP contribution in [0.4, 0.5) is 10.1 Å². The number of halogens is 1. The second-order valence-corrected chi connectivity index (χ2v) is 8.61. The fraction of sp³-hybridized carbons (Fsp3) is 0.350. The summed E-state index contributed by atoms with van der Waals surface area (Å²) in [5.41, 5.74) is 0.639. The van der Waals surface area contributed by atoms with E-state index in [-0.39, 0.29) is 11.7 Å². The third-order valence-corrected chi connectivity index (χ3v) is 6.02. The van der Waals surface area contributed by atoms with Crippen LogP contribution < -0.4 is 14.4 Å². The second kappa shape index (κ2) is 9.71. The van der Waals surface area contributed by atoms with Crippen LogP contribution in [0.3, 0.4) is 0 Å². The molecule has 2 aromatic rings. The van der Waals surface area contributed by atoms with Crippen LogP contribution in [0.25, 0.3) is 0 Å². The van der Waals surface area contributed by atoms with Crippen molar-refractivity contribution in [1.29, 1.82) is 0 Å². The van der Waals surface area contributed by atoms with Gasteiger partial charge in [-0.1, -0.05) is 24.3 Å². The largest absolute Gasteiger partial charge is 0.494 e. The number of rotatable bonds is 9. The molecule has 0 aromatic heterocycles. The van der Waals surface area contributed by atoms with Crippen LogP contribution in [0.15, 0.2) is 48.5 Å². The van der Waals surface area contributed by atoms with Crippen molar-refractivity contribution in [3.8, 4) is 5.75 Å². The molecule has 0 saturated heterocycles. The van der Waals surface area contributed by atoms with E-state index in [1.807, 2.05) is 19.1 Å². The van der Waals surface area contributed by atoms with E-state index >= 15 is 0 Å². The summed E-state index contributed by atoms with van der Waals surface area (Å²) >= 11 is 0. The minimum atomic E-state index is -4.07. The molecule has 2 rings (SSSR count). The first-order chi connectivity index (χ1) is 13.7. The molecule has 1 amide bonds. The lowest BCUT2D eigenvalue weighted by atomic mass is 10.1. The van der Waals surface area contributed by atoms with E-state index in [2.05, 4.69) is 5.32 Å². The van der Waals surface area contributed by atoms with Crippen molar-refractivity contribution in [2.45, 2.75) is 19.9 Å². The molecule has 0 heterocycles.